The summed E-state index contributed by atoms with van der Waals surface area (Å²) < 4.78 is 1.35. The number of fused-ring (bicyclic) bond motifs is 1. The van der Waals surface area contributed by atoms with Crippen LogP contribution in [-0.2, 0) is 0 Å². The standard InChI is InChI=1S/C16H24N2S/c1-5-16(2,3)18(4)14(10-17)13-11-19-15-9-7-6-8-12(13)15/h6-9,11,14H,5,10,17H2,1-4H3. The van der Waals surface area contributed by atoms with E-state index in [1.54, 1.807) is 0 Å². The first-order chi connectivity index (χ1) is 9.01. The Bertz CT molecular complexity index is 544. The van der Waals surface area contributed by atoms with Gasteiger partial charge in [-0.05, 0) is 49.7 Å². The van der Waals surface area contributed by atoms with Gasteiger partial charge >= 0.3 is 0 Å². The van der Waals surface area contributed by atoms with E-state index in [2.05, 4.69) is 62.4 Å². The largest absolute Gasteiger partial charge is 0.329 e. The number of likely N-dealkylation sites (N-methyl/N-ethyl adjacent to an activating group) is 1. The maximum absolute atomic E-state index is 6.07. The van der Waals surface area contributed by atoms with Gasteiger partial charge in [0.1, 0.15) is 0 Å². The third kappa shape index (κ3) is 2.69. The minimum absolute atomic E-state index is 0.160. The first-order valence-electron chi connectivity index (χ1n) is 6.90. The van der Waals surface area contributed by atoms with Crippen LogP contribution in [0.5, 0.6) is 0 Å². The summed E-state index contributed by atoms with van der Waals surface area (Å²) in [5.41, 5.74) is 7.60. The Morgan fingerprint density at radius 2 is 2.00 bits per heavy atom. The zero-order chi connectivity index (χ0) is 14.0. The molecule has 0 spiro atoms. The fourth-order valence-electron chi connectivity index (χ4n) is 2.42. The summed E-state index contributed by atoms with van der Waals surface area (Å²) in [7, 11) is 2.19. The van der Waals surface area contributed by atoms with Crippen molar-refractivity contribution in [3.8, 4) is 0 Å². The van der Waals surface area contributed by atoms with Gasteiger partial charge in [-0.25, -0.2) is 0 Å². The average Bonchev–Trinajstić information content (AvgIpc) is 2.84. The number of nitrogens with two attached hydrogens (primary N) is 1. The minimum atomic E-state index is 0.160. The predicted octanol–water partition coefficient (Wildman–Crippen LogP) is 4.02. The molecule has 0 saturated heterocycles. The van der Waals surface area contributed by atoms with Crippen LogP contribution in [0.15, 0.2) is 29.6 Å². The van der Waals surface area contributed by atoms with Crippen molar-refractivity contribution in [1.82, 2.24) is 4.90 Å². The SMILES string of the molecule is CCC(C)(C)N(C)C(CN)c1csc2ccccc12. The van der Waals surface area contributed by atoms with Crippen molar-refractivity contribution in [2.75, 3.05) is 13.6 Å². The zero-order valence-electron chi connectivity index (χ0n) is 12.3. The lowest BCUT2D eigenvalue weighted by Crippen LogP contribution is -2.45. The highest BCUT2D eigenvalue weighted by Gasteiger charge is 2.29. The van der Waals surface area contributed by atoms with E-state index in [9.17, 15) is 0 Å². The second-order valence-electron chi connectivity index (χ2n) is 5.72. The number of benzene rings is 1. The van der Waals surface area contributed by atoms with Gasteiger partial charge in [-0.15, -0.1) is 11.3 Å². The summed E-state index contributed by atoms with van der Waals surface area (Å²) in [6, 6.07) is 8.88. The van der Waals surface area contributed by atoms with Crippen LogP contribution in [0.4, 0.5) is 0 Å². The molecule has 3 heteroatoms. The second-order valence-corrected chi connectivity index (χ2v) is 6.63. The van der Waals surface area contributed by atoms with E-state index in [-0.39, 0.29) is 11.6 Å². The topological polar surface area (TPSA) is 29.3 Å². The smallest absolute Gasteiger partial charge is 0.0487 e. The molecule has 0 bridgehead atoms. The fourth-order valence-corrected chi connectivity index (χ4v) is 3.43. The van der Waals surface area contributed by atoms with E-state index >= 15 is 0 Å². The van der Waals surface area contributed by atoms with E-state index in [0.717, 1.165) is 6.42 Å². The first kappa shape index (κ1) is 14.5. The lowest BCUT2D eigenvalue weighted by Gasteiger charge is -2.40. The van der Waals surface area contributed by atoms with E-state index in [1.165, 1.54) is 15.6 Å². The Kier molecular flexibility index (Phi) is 4.29. The van der Waals surface area contributed by atoms with Crippen LogP contribution in [0.3, 0.4) is 0 Å². The number of thiophene rings is 1. The summed E-state index contributed by atoms with van der Waals surface area (Å²) in [5, 5.41) is 3.62. The predicted molar refractivity (Wildman–Crippen MR) is 85.8 cm³/mol. The number of nitrogens with zero attached hydrogens (tertiary/aromatic N) is 1. The van der Waals surface area contributed by atoms with Crippen LogP contribution < -0.4 is 5.73 Å². The molecule has 0 fully saturated rings. The van der Waals surface area contributed by atoms with E-state index in [1.807, 2.05) is 11.3 Å². The van der Waals surface area contributed by atoms with Gasteiger partial charge in [-0.2, -0.15) is 0 Å². The molecule has 1 heterocycles. The highest BCUT2D eigenvalue weighted by molar-refractivity contribution is 7.17. The molecule has 104 valence electrons. The van der Waals surface area contributed by atoms with Crippen LogP contribution in [-0.4, -0.2) is 24.0 Å². The molecule has 19 heavy (non-hydrogen) atoms. The number of hydrogen-bond acceptors (Lipinski definition) is 3. The molecule has 0 aliphatic rings. The fraction of sp³-hybridized carbons (Fsp3) is 0.500. The summed E-state index contributed by atoms with van der Waals surface area (Å²) in [6.45, 7) is 7.45. The summed E-state index contributed by atoms with van der Waals surface area (Å²) in [4.78, 5) is 2.42. The van der Waals surface area contributed by atoms with Gasteiger partial charge in [0.25, 0.3) is 0 Å². The van der Waals surface area contributed by atoms with Crippen LogP contribution >= 0.6 is 11.3 Å². The van der Waals surface area contributed by atoms with Crippen molar-refractivity contribution in [3.63, 3.8) is 0 Å². The van der Waals surface area contributed by atoms with Gasteiger partial charge in [-0.1, -0.05) is 25.1 Å². The van der Waals surface area contributed by atoms with Gasteiger partial charge in [0.15, 0.2) is 0 Å². The molecular formula is C16H24N2S. The van der Waals surface area contributed by atoms with Gasteiger partial charge in [0.2, 0.25) is 0 Å². The normalized spacial score (nSPS) is 14.2. The molecule has 0 radical (unpaired) electrons. The average molecular weight is 276 g/mol. The Morgan fingerprint density at radius 1 is 1.32 bits per heavy atom. The summed E-state index contributed by atoms with van der Waals surface area (Å²) in [6.07, 6.45) is 1.11. The van der Waals surface area contributed by atoms with Crippen molar-refractivity contribution in [1.29, 1.82) is 0 Å². The van der Waals surface area contributed by atoms with Crippen LogP contribution in [0.25, 0.3) is 10.1 Å². The molecule has 2 N–H and O–H groups in total. The Labute approximate surface area is 120 Å². The molecule has 2 rings (SSSR count). The van der Waals surface area contributed by atoms with Crippen molar-refractivity contribution in [3.05, 3.63) is 35.2 Å². The van der Waals surface area contributed by atoms with Crippen LogP contribution in [0.1, 0.15) is 38.8 Å². The molecule has 0 saturated carbocycles. The Hall–Kier alpha value is -0.900. The maximum atomic E-state index is 6.07. The van der Waals surface area contributed by atoms with Crippen LogP contribution in [0, 0.1) is 0 Å². The molecule has 0 aliphatic carbocycles. The van der Waals surface area contributed by atoms with Crippen molar-refractivity contribution in [2.45, 2.75) is 38.8 Å². The quantitative estimate of drug-likeness (QED) is 0.893. The minimum Gasteiger partial charge on any atom is -0.329 e. The van der Waals surface area contributed by atoms with Crippen molar-refractivity contribution in [2.24, 2.45) is 5.73 Å². The Balaban J connectivity index is 2.42. The number of rotatable bonds is 5. The van der Waals surface area contributed by atoms with Gasteiger partial charge in [0, 0.05) is 22.8 Å². The molecule has 1 aromatic heterocycles. The summed E-state index contributed by atoms with van der Waals surface area (Å²) >= 11 is 1.81. The maximum Gasteiger partial charge on any atom is 0.0487 e. The Morgan fingerprint density at radius 3 is 2.63 bits per heavy atom. The second kappa shape index (κ2) is 5.61. The zero-order valence-corrected chi connectivity index (χ0v) is 13.1. The van der Waals surface area contributed by atoms with Crippen molar-refractivity contribution >= 4 is 21.4 Å². The monoisotopic (exact) mass is 276 g/mol. The molecule has 1 aromatic carbocycles. The van der Waals surface area contributed by atoms with Crippen LogP contribution in [0.2, 0.25) is 0 Å². The van der Waals surface area contributed by atoms with Gasteiger partial charge < -0.3 is 5.73 Å². The highest BCUT2D eigenvalue weighted by atomic mass is 32.1. The molecule has 0 amide bonds. The van der Waals surface area contributed by atoms with Crippen molar-refractivity contribution < 1.29 is 0 Å². The molecule has 1 unspecified atom stereocenters. The molecule has 2 nitrogen and oxygen atoms in total. The molecule has 0 aliphatic heterocycles. The molecular weight excluding hydrogens is 252 g/mol. The highest BCUT2D eigenvalue weighted by Crippen LogP contribution is 2.35. The van der Waals surface area contributed by atoms with E-state index in [4.69, 9.17) is 5.73 Å². The third-order valence-corrected chi connectivity index (χ3v) is 5.36. The molecule has 1 atom stereocenters. The lowest BCUT2D eigenvalue weighted by atomic mass is 9.94. The summed E-state index contributed by atoms with van der Waals surface area (Å²) in [5.74, 6) is 0. The third-order valence-electron chi connectivity index (χ3n) is 4.38. The number of hydrogen-bond donors (Lipinski definition) is 1. The molecule has 2 aromatic rings. The first-order valence-corrected chi connectivity index (χ1v) is 7.78. The van der Waals surface area contributed by atoms with E-state index in [0.29, 0.717) is 6.54 Å². The van der Waals surface area contributed by atoms with Gasteiger partial charge in [0.05, 0.1) is 0 Å². The van der Waals surface area contributed by atoms with Gasteiger partial charge in [-0.3, -0.25) is 4.90 Å². The van der Waals surface area contributed by atoms with E-state index < -0.39 is 0 Å². The lowest BCUT2D eigenvalue weighted by molar-refractivity contribution is 0.101.